The number of nitrogens with zero attached hydrogens (tertiary/aromatic N) is 1. The number of hydrogen-bond acceptors (Lipinski definition) is 3. The third kappa shape index (κ3) is 4.29. The Morgan fingerprint density at radius 3 is 2.13 bits per heavy atom. The first-order chi connectivity index (χ1) is 6.77. The van der Waals surface area contributed by atoms with E-state index in [4.69, 9.17) is 10.8 Å². The number of hydrogen-bond donors (Lipinski definition) is 2. The lowest BCUT2D eigenvalue weighted by molar-refractivity contribution is -0.148. The number of amides is 1. The van der Waals surface area contributed by atoms with Crippen LogP contribution in [0.3, 0.4) is 0 Å². The summed E-state index contributed by atoms with van der Waals surface area (Å²) in [5.74, 6) is -1.03. The van der Waals surface area contributed by atoms with Gasteiger partial charge in [-0.05, 0) is 19.3 Å². The van der Waals surface area contributed by atoms with E-state index in [1.807, 2.05) is 13.8 Å². The lowest BCUT2D eigenvalue weighted by Gasteiger charge is -2.25. The summed E-state index contributed by atoms with van der Waals surface area (Å²) in [5.41, 5.74) is 5.67. The molecular formula is C10H20N2O3. The molecule has 0 heterocycles. The second-order valence-electron chi connectivity index (χ2n) is 4.20. The van der Waals surface area contributed by atoms with Crippen molar-refractivity contribution in [2.45, 2.75) is 39.3 Å². The van der Waals surface area contributed by atoms with Gasteiger partial charge in [-0.15, -0.1) is 0 Å². The average molecular weight is 216 g/mol. The minimum atomic E-state index is -1.03. The van der Waals surface area contributed by atoms with Crippen LogP contribution in [0.1, 0.15) is 27.2 Å². The van der Waals surface area contributed by atoms with Gasteiger partial charge in [-0.25, -0.2) is 4.79 Å². The van der Waals surface area contributed by atoms with Crippen molar-refractivity contribution in [1.29, 1.82) is 0 Å². The first kappa shape index (κ1) is 13.9. The number of carboxylic acids is 1. The molecule has 5 heteroatoms. The Kier molecular flexibility index (Phi) is 5.28. The van der Waals surface area contributed by atoms with Crippen LogP contribution >= 0.6 is 0 Å². The van der Waals surface area contributed by atoms with Crippen molar-refractivity contribution >= 4 is 11.9 Å². The van der Waals surface area contributed by atoms with Crippen LogP contribution in [0.4, 0.5) is 0 Å². The fourth-order valence-electron chi connectivity index (χ4n) is 1.23. The van der Waals surface area contributed by atoms with E-state index in [0.717, 1.165) is 0 Å². The van der Waals surface area contributed by atoms with Crippen molar-refractivity contribution in [1.82, 2.24) is 4.90 Å². The first-order valence-corrected chi connectivity index (χ1v) is 5.02. The summed E-state index contributed by atoms with van der Waals surface area (Å²) < 4.78 is 0. The molecule has 0 saturated carbocycles. The summed E-state index contributed by atoms with van der Waals surface area (Å²) in [6.45, 7) is 5.39. The largest absolute Gasteiger partial charge is 0.480 e. The minimum Gasteiger partial charge on any atom is -0.480 e. The molecule has 88 valence electrons. The van der Waals surface area contributed by atoms with Gasteiger partial charge in [0.05, 0.1) is 6.04 Å². The molecule has 0 saturated heterocycles. The number of carbonyl (C=O) groups is 2. The fourth-order valence-corrected chi connectivity index (χ4v) is 1.23. The van der Waals surface area contributed by atoms with E-state index in [9.17, 15) is 9.59 Å². The second kappa shape index (κ2) is 5.70. The zero-order valence-corrected chi connectivity index (χ0v) is 9.73. The van der Waals surface area contributed by atoms with E-state index < -0.39 is 18.1 Å². The molecule has 0 bridgehead atoms. The number of rotatable bonds is 5. The predicted octanol–water partition coefficient (Wildman–Crippen LogP) is 0.291. The van der Waals surface area contributed by atoms with Gasteiger partial charge in [-0.1, -0.05) is 13.8 Å². The van der Waals surface area contributed by atoms with Gasteiger partial charge < -0.3 is 15.7 Å². The molecule has 0 radical (unpaired) electrons. The monoisotopic (exact) mass is 216 g/mol. The van der Waals surface area contributed by atoms with E-state index in [2.05, 4.69) is 0 Å². The molecule has 15 heavy (non-hydrogen) atoms. The Hall–Kier alpha value is -1.10. The summed E-state index contributed by atoms with van der Waals surface area (Å²) in [5, 5.41) is 8.73. The molecule has 0 spiro atoms. The minimum absolute atomic E-state index is 0.317. The van der Waals surface area contributed by atoms with Crippen LogP contribution in [0.15, 0.2) is 0 Å². The van der Waals surface area contributed by atoms with Crippen LogP contribution in [-0.2, 0) is 9.59 Å². The molecule has 0 unspecified atom stereocenters. The van der Waals surface area contributed by atoms with Gasteiger partial charge in [0.15, 0.2) is 0 Å². The summed E-state index contributed by atoms with van der Waals surface area (Å²) >= 11 is 0. The van der Waals surface area contributed by atoms with Crippen LogP contribution in [0, 0.1) is 5.92 Å². The quantitative estimate of drug-likeness (QED) is 0.692. The van der Waals surface area contributed by atoms with Gasteiger partial charge >= 0.3 is 5.97 Å². The number of carbonyl (C=O) groups excluding carboxylic acids is 1. The highest BCUT2D eigenvalue weighted by molar-refractivity contribution is 5.86. The summed E-state index contributed by atoms with van der Waals surface area (Å²) in [7, 11) is 1.46. The van der Waals surface area contributed by atoms with Gasteiger partial charge in [0.25, 0.3) is 0 Å². The number of carboxylic acid groups (broad SMARTS) is 1. The van der Waals surface area contributed by atoms with Crippen LogP contribution in [0.2, 0.25) is 0 Å². The maximum atomic E-state index is 11.7. The molecule has 1 amide bonds. The van der Waals surface area contributed by atoms with Crippen molar-refractivity contribution in [3.05, 3.63) is 0 Å². The average Bonchev–Trinajstić information content (AvgIpc) is 2.13. The van der Waals surface area contributed by atoms with Crippen LogP contribution in [-0.4, -0.2) is 41.0 Å². The fraction of sp³-hybridized carbons (Fsp3) is 0.800. The van der Waals surface area contributed by atoms with E-state index in [-0.39, 0.29) is 5.91 Å². The van der Waals surface area contributed by atoms with Gasteiger partial charge in [0, 0.05) is 7.05 Å². The van der Waals surface area contributed by atoms with Gasteiger partial charge in [0.1, 0.15) is 6.04 Å². The normalized spacial score (nSPS) is 14.8. The Balaban J connectivity index is 4.37. The Bertz CT molecular complexity index is 241. The van der Waals surface area contributed by atoms with E-state index in [1.54, 1.807) is 0 Å². The molecule has 0 aromatic heterocycles. The molecular weight excluding hydrogens is 196 g/mol. The lowest BCUT2D eigenvalue weighted by atomic mass is 10.0. The number of nitrogens with two attached hydrogens (primary N) is 1. The van der Waals surface area contributed by atoms with Crippen LogP contribution in [0.25, 0.3) is 0 Å². The van der Waals surface area contributed by atoms with Gasteiger partial charge in [-0.2, -0.15) is 0 Å². The van der Waals surface area contributed by atoms with Crippen molar-refractivity contribution in [3.63, 3.8) is 0 Å². The molecule has 0 aromatic carbocycles. The topological polar surface area (TPSA) is 83.6 Å². The highest BCUT2D eigenvalue weighted by Gasteiger charge is 2.26. The number of aliphatic carboxylic acids is 1. The standard InChI is InChI=1S/C10H20N2O3/c1-6(2)5-8(11)9(13)12(4)7(3)10(14)15/h6-8H,5,11H2,1-4H3,(H,14,15)/t7-,8-/m0/s1. The molecule has 0 aromatic rings. The van der Waals surface area contributed by atoms with Crippen molar-refractivity contribution < 1.29 is 14.7 Å². The molecule has 5 nitrogen and oxygen atoms in total. The van der Waals surface area contributed by atoms with Gasteiger partial charge in [-0.3, -0.25) is 4.79 Å². The molecule has 0 aliphatic rings. The van der Waals surface area contributed by atoms with Crippen molar-refractivity contribution in [2.75, 3.05) is 7.05 Å². The third-order valence-corrected chi connectivity index (χ3v) is 2.33. The maximum Gasteiger partial charge on any atom is 0.326 e. The molecule has 2 atom stereocenters. The Morgan fingerprint density at radius 2 is 1.80 bits per heavy atom. The van der Waals surface area contributed by atoms with Crippen molar-refractivity contribution in [2.24, 2.45) is 11.7 Å². The second-order valence-corrected chi connectivity index (χ2v) is 4.20. The summed E-state index contributed by atoms with van der Waals surface area (Å²) in [6.07, 6.45) is 0.565. The molecule has 0 aliphatic carbocycles. The van der Waals surface area contributed by atoms with E-state index >= 15 is 0 Å². The summed E-state index contributed by atoms with van der Waals surface area (Å²) in [6, 6.07) is -1.45. The molecule has 3 N–H and O–H groups in total. The third-order valence-electron chi connectivity index (χ3n) is 2.33. The maximum absolute atomic E-state index is 11.7. The van der Waals surface area contributed by atoms with E-state index in [1.165, 1.54) is 18.9 Å². The number of likely N-dealkylation sites (N-methyl/N-ethyl adjacent to an activating group) is 1. The van der Waals surface area contributed by atoms with Crippen LogP contribution in [0.5, 0.6) is 0 Å². The Labute approximate surface area is 90.2 Å². The molecule has 0 fully saturated rings. The highest BCUT2D eigenvalue weighted by atomic mass is 16.4. The van der Waals surface area contributed by atoms with Gasteiger partial charge in [0.2, 0.25) is 5.91 Å². The lowest BCUT2D eigenvalue weighted by Crippen LogP contribution is -2.48. The zero-order chi connectivity index (χ0) is 12.2. The van der Waals surface area contributed by atoms with E-state index in [0.29, 0.717) is 12.3 Å². The molecule has 0 rings (SSSR count). The predicted molar refractivity (Wildman–Crippen MR) is 57.3 cm³/mol. The SMILES string of the molecule is CC(C)C[C@H](N)C(=O)N(C)[C@@H](C)C(=O)O. The Morgan fingerprint density at radius 1 is 1.33 bits per heavy atom. The van der Waals surface area contributed by atoms with Crippen LogP contribution < -0.4 is 5.73 Å². The summed E-state index contributed by atoms with van der Waals surface area (Å²) in [4.78, 5) is 23.5. The first-order valence-electron chi connectivity index (χ1n) is 5.02. The molecule has 0 aliphatic heterocycles. The highest BCUT2D eigenvalue weighted by Crippen LogP contribution is 2.07. The van der Waals surface area contributed by atoms with Crippen molar-refractivity contribution in [3.8, 4) is 0 Å². The smallest absolute Gasteiger partial charge is 0.326 e. The zero-order valence-electron chi connectivity index (χ0n) is 9.73.